The van der Waals surface area contributed by atoms with E-state index in [0.29, 0.717) is 11.7 Å². The van der Waals surface area contributed by atoms with Crippen LogP contribution in [-0.4, -0.2) is 23.0 Å². The zero-order valence-corrected chi connectivity index (χ0v) is 12.1. The molecule has 0 bridgehead atoms. The SMILES string of the molecule is CCCN(CCC)Cc1ncc(-c2ccc(F)cc2)o1. The summed E-state index contributed by atoms with van der Waals surface area (Å²) < 4.78 is 18.7. The van der Waals surface area contributed by atoms with Gasteiger partial charge in [0.15, 0.2) is 5.76 Å². The van der Waals surface area contributed by atoms with Crippen LogP contribution in [0.2, 0.25) is 0 Å². The molecular weight excluding hydrogens is 255 g/mol. The molecule has 0 aliphatic carbocycles. The van der Waals surface area contributed by atoms with E-state index in [1.165, 1.54) is 12.1 Å². The molecule has 1 aromatic heterocycles. The third-order valence-electron chi connectivity index (χ3n) is 3.12. The van der Waals surface area contributed by atoms with Gasteiger partial charge in [-0.2, -0.15) is 0 Å². The number of hydrogen-bond donors (Lipinski definition) is 0. The summed E-state index contributed by atoms with van der Waals surface area (Å²) in [5.41, 5.74) is 0.850. The lowest BCUT2D eigenvalue weighted by Crippen LogP contribution is -2.24. The van der Waals surface area contributed by atoms with Gasteiger partial charge < -0.3 is 4.42 Å². The van der Waals surface area contributed by atoms with E-state index >= 15 is 0 Å². The van der Waals surface area contributed by atoms with Gasteiger partial charge in [-0.15, -0.1) is 0 Å². The van der Waals surface area contributed by atoms with Crippen LogP contribution >= 0.6 is 0 Å². The van der Waals surface area contributed by atoms with E-state index in [1.807, 2.05) is 0 Å². The average molecular weight is 276 g/mol. The molecule has 0 aliphatic rings. The van der Waals surface area contributed by atoms with Crippen molar-refractivity contribution in [2.75, 3.05) is 13.1 Å². The first-order valence-corrected chi connectivity index (χ1v) is 7.16. The fourth-order valence-corrected chi connectivity index (χ4v) is 2.22. The zero-order valence-electron chi connectivity index (χ0n) is 12.1. The Labute approximate surface area is 119 Å². The summed E-state index contributed by atoms with van der Waals surface area (Å²) in [5.74, 6) is 1.16. The highest BCUT2D eigenvalue weighted by molar-refractivity contribution is 5.55. The summed E-state index contributed by atoms with van der Waals surface area (Å²) in [4.78, 5) is 6.65. The largest absolute Gasteiger partial charge is 0.439 e. The summed E-state index contributed by atoms with van der Waals surface area (Å²) in [6, 6.07) is 6.26. The molecule has 0 aliphatic heterocycles. The second kappa shape index (κ2) is 7.20. The third-order valence-corrected chi connectivity index (χ3v) is 3.12. The van der Waals surface area contributed by atoms with Crippen LogP contribution in [0.5, 0.6) is 0 Å². The van der Waals surface area contributed by atoms with Gasteiger partial charge in [0.1, 0.15) is 5.82 Å². The van der Waals surface area contributed by atoms with Gasteiger partial charge in [-0.3, -0.25) is 4.90 Å². The topological polar surface area (TPSA) is 29.3 Å². The normalized spacial score (nSPS) is 11.2. The van der Waals surface area contributed by atoms with Crippen molar-refractivity contribution in [3.63, 3.8) is 0 Å². The van der Waals surface area contributed by atoms with Gasteiger partial charge >= 0.3 is 0 Å². The maximum Gasteiger partial charge on any atom is 0.209 e. The van der Waals surface area contributed by atoms with Crippen molar-refractivity contribution in [3.8, 4) is 11.3 Å². The number of oxazole rings is 1. The molecule has 0 saturated carbocycles. The molecule has 0 fully saturated rings. The molecule has 0 saturated heterocycles. The molecule has 108 valence electrons. The Balaban J connectivity index is 2.06. The summed E-state index contributed by atoms with van der Waals surface area (Å²) >= 11 is 0. The first kappa shape index (κ1) is 14.7. The number of benzene rings is 1. The molecule has 2 aromatic rings. The lowest BCUT2D eigenvalue weighted by atomic mass is 10.2. The first-order valence-electron chi connectivity index (χ1n) is 7.16. The quantitative estimate of drug-likeness (QED) is 0.762. The van der Waals surface area contributed by atoms with E-state index in [4.69, 9.17) is 4.42 Å². The van der Waals surface area contributed by atoms with Gasteiger partial charge in [0, 0.05) is 5.56 Å². The van der Waals surface area contributed by atoms with Gasteiger partial charge in [-0.25, -0.2) is 9.37 Å². The molecule has 1 aromatic carbocycles. The minimum atomic E-state index is -0.245. The van der Waals surface area contributed by atoms with Crippen LogP contribution in [0.1, 0.15) is 32.6 Å². The van der Waals surface area contributed by atoms with E-state index in [0.717, 1.165) is 38.0 Å². The molecule has 0 N–H and O–H groups in total. The minimum Gasteiger partial charge on any atom is -0.439 e. The third kappa shape index (κ3) is 3.90. The Morgan fingerprint density at radius 3 is 2.35 bits per heavy atom. The molecule has 0 unspecified atom stereocenters. The molecule has 4 heteroatoms. The molecule has 0 atom stereocenters. The van der Waals surface area contributed by atoms with E-state index in [1.54, 1.807) is 18.3 Å². The van der Waals surface area contributed by atoms with Crippen molar-refractivity contribution in [2.24, 2.45) is 0 Å². The lowest BCUT2D eigenvalue weighted by molar-refractivity contribution is 0.240. The van der Waals surface area contributed by atoms with E-state index in [-0.39, 0.29) is 5.82 Å². The summed E-state index contributed by atoms with van der Waals surface area (Å²) in [6.07, 6.45) is 3.94. The fraction of sp³-hybridized carbons (Fsp3) is 0.438. The van der Waals surface area contributed by atoms with E-state index < -0.39 is 0 Å². The molecule has 0 spiro atoms. The van der Waals surface area contributed by atoms with Gasteiger partial charge in [-0.1, -0.05) is 13.8 Å². The second-order valence-electron chi connectivity index (χ2n) is 4.90. The Morgan fingerprint density at radius 1 is 1.10 bits per heavy atom. The summed E-state index contributed by atoms with van der Waals surface area (Å²) in [6.45, 7) is 7.15. The first-order chi connectivity index (χ1) is 9.72. The van der Waals surface area contributed by atoms with Crippen LogP contribution in [0.15, 0.2) is 34.9 Å². The van der Waals surface area contributed by atoms with Crippen LogP contribution < -0.4 is 0 Å². The Morgan fingerprint density at radius 2 is 1.75 bits per heavy atom. The number of rotatable bonds is 7. The molecule has 20 heavy (non-hydrogen) atoms. The standard InChI is InChI=1S/C16H21FN2O/c1-3-9-19(10-4-2)12-16-18-11-15(20-16)13-5-7-14(17)8-6-13/h5-8,11H,3-4,9-10,12H2,1-2H3. The van der Waals surface area contributed by atoms with Gasteiger partial charge in [0.25, 0.3) is 0 Å². The Kier molecular flexibility index (Phi) is 5.30. The van der Waals surface area contributed by atoms with Gasteiger partial charge in [0.2, 0.25) is 5.89 Å². The average Bonchev–Trinajstić information content (AvgIpc) is 2.89. The maximum absolute atomic E-state index is 12.9. The second-order valence-corrected chi connectivity index (χ2v) is 4.90. The van der Waals surface area contributed by atoms with Crippen LogP contribution in [0.3, 0.4) is 0 Å². The number of aromatic nitrogens is 1. The van der Waals surface area contributed by atoms with Crippen LogP contribution in [-0.2, 0) is 6.54 Å². The molecule has 2 rings (SSSR count). The van der Waals surface area contributed by atoms with Crippen molar-refractivity contribution < 1.29 is 8.81 Å². The molecule has 0 amide bonds. The highest BCUT2D eigenvalue weighted by Crippen LogP contribution is 2.21. The van der Waals surface area contributed by atoms with Crippen LogP contribution in [0.4, 0.5) is 4.39 Å². The van der Waals surface area contributed by atoms with Crippen LogP contribution in [0.25, 0.3) is 11.3 Å². The predicted molar refractivity (Wildman–Crippen MR) is 77.8 cm³/mol. The fourth-order valence-electron chi connectivity index (χ4n) is 2.22. The van der Waals surface area contributed by atoms with Crippen molar-refractivity contribution in [1.29, 1.82) is 0 Å². The van der Waals surface area contributed by atoms with Gasteiger partial charge in [-0.05, 0) is 50.2 Å². The summed E-state index contributed by atoms with van der Waals surface area (Å²) in [7, 11) is 0. The van der Waals surface area contributed by atoms with Crippen molar-refractivity contribution >= 4 is 0 Å². The smallest absolute Gasteiger partial charge is 0.209 e. The highest BCUT2D eigenvalue weighted by atomic mass is 19.1. The molecular formula is C16H21FN2O. The summed E-state index contributed by atoms with van der Waals surface area (Å²) in [5, 5.41) is 0. The van der Waals surface area contributed by atoms with E-state index in [2.05, 4.69) is 23.7 Å². The molecule has 1 heterocycles. The number of nitrogens with zero attached hydrogens (tertiary/aromatic N) is 2. The number of hydrogen-bond acceptors (Lipinski definition) is 3. The van der Waals surface area contributed by atoms with Crippen molar-refractivity contribution in [2.45, 2.75) is 33.2 Å². The van der Waals surface area contributed by atoms with Gasteiger partial charge in [0.05, 0.1) is 12.7 Å². The molecule has 0 radical (unpaired) electrons. The maximum atomic E-state index is 12.9. The predicted octanol–water partition coefficient (Wildman–Crippen LogP) is 4.10. The molecule has 3 nitrogen and oxygen atoms in total. The Bertz CT molecular complexity index is 516. The van der Waals surface area contributed by atoms with Crippen LogP contribution in [0, 0.1) is 5.82 Å². The highest BCUT2D eigenvalue weighted by Gasteiger charge is 2.10. The van der Waals surface area contributed by atoms with Crippen molar-refractivity contribution in [1.82, 2.24) is 9.88 Å². The number of halogens is 1. The Hall–Kier alpha value is -1.68. The lowest BCUT2D eigenvalue weighted by Gasteiger charge is -2.18. The van der Waals surface area contributed by atoms with E-state index in [9.17, 15) is 4.39 Å². The monoisotopic (exact) mass is 276 g/mol. The zero-order chi connectivity index (χ0) is 14.4. The van der Waals surface area contributed by atoms with Crippen molar-refractivity contribution in [3.05, 3.63) is 42.2 Å². The minimum absolute atomic E-state index is 0.245.